The van der Waals surface area contributed by atoms with E-state index in [1.807, 2.05) is 12.1 Å². The van der Waals surface area contributed by atoms with Gasteiger partial charge in [0.15, 0.2) is 0 Å². The van der Waals surface area contributed by atoms with Crippen LogP contribution >= 0.6 is 11.8 Å². The third-order valence-corrected chi connectivity index (χ3v) is 4.01. The molecule has 0 amide bonds. The van der Waals surface area contributed by atoms with Gasteiger partial charge in [0, 0.05) is 18.1 Å². The molecule has 0 saturated heterocycles. The number of pyridine rings is 1. The minimum atomic E-state index is -0.226. The number of hydrogen-bond acceptors (Lipinski definition) is 5. The molecular weight excluding hydrogens is 301 g/mol. The molecule has 2 heterocycles. The average Bonchev–Trinajstić information content (AvgIpc) is 3.01. The Morgan fingerprint density at radius 2 is 1.82 bits per heavy atom. The van der Waals surface area contributed by atoms with Gasteiger partial charge in [-0.2, -0.15) is 0 Å². The van der Waals surface area contributed by atoms with Crippen molar-refractivity contribution in [1.29, 1.82) is 0 Å². The van der Waals surface area contributed by atoms with Crippen LogP contribution in [0.5, 0.6) is 0 Å². The van der Waals surface area contributed by atoms with Crippen LogP contribution in [0.1, 0.15) is 11.1 Å². The molecule has 5 nitrogen and oxygen atoms in total. The lowest BCUT2D eigenvalue weighted by Crippen LogP contribution is -2.14. The van der Waals surface area contributed by atoms with Crippen molar-refractivity contribution in [3.05, 3.63) is 72.1 Å². The molecule has 0 aliphatic carbocycles. The number of nitrogens with zero attached hydrogens (tertiary/aromatic N) is 4. The molecule has 0 spiro atoms. The second-order valence-corrected chi connectivity index (χ2v) is 5.53. The molecule has 0 radical (unpaired) electrons. The lowest BCUT2D eigenvalue weighted by molar-refractivity contribution is 0.627. The van der Waals surface area contributed by atoms with E-state index in [2.05, 4.69) is 20.6 Å². The Labute approximate surface area is 131 Å². The largest absolute Gasteiger partial charge is 0.318 e. The number of hydrogen-bond donors (Lipinski definition) is 1. The predicted molar refractivity (Wildman–Crippen MR) is 83.3 cm³/mol. The van der Waals surface area contributed by atoms with Crippen molar-refractivity contribution in [2.45, 2.75) is 17.5 Å². The van der Waals surface area contributed by atoms with Crippen LogP contribution in [0.4, 0.5) is 4.39 Å². The molecule has 0 saturated carbocycles. The van der Waals surface area contributed by atoms with Crippen LogP contribution in [0.2, 0.25) is 0 Å². The minimum Gasteiger partial charge on any atom is -0.318 e. The Morgan fingerprint density at radius 1 is 1.05 bits per heavy atom. The molecule has 22 heavy (non-hydrogen) atoms. The Morgan fingerprint density at radius 3 is 2.59 bits per heavy atom. The van der Waals surface area contributed by atoms with E-state index in [0.717, 1.165) is 16.3 Å². The highest BCUT2D eigenvalue weighted by atomic mass is 32.2. The molecule has 112 valence electrons. The minimum absolute atomic E-state index is 0.226. The van der Waals surface area contributed by atoms with Gasteiger partial charge in [-0.3, -0.25) is 4.98 Å². The Balaban J connectivity index is 1.58. The molecule has 0 aliphatic rings. The zero-order valence-electron chi connectivity index (χ0n) is 11.7. The summed E-state index contributed by atoms with van der Waals surface area (Å²) in [5.41, 5.74) is 5.40. The number of rotatable bonds is 6. The van der Waals surface area contributed by atoms with Gasteiger partial charge in [0.1, 0.15) is 12.1 Å². The first kappa shape index (κ1) is 14.5. The second-order valence-electron chi connectivity index (χ2n) is 4.59. The maximum atomic E-state index is 12.9. The van der Waals surface area contributed by atoms with Gasteiger partial charge in [-0.15, -0.1) is 10.2 Å². The molecule has 0 aliphatic heterocycles. The van der Waals surface area contributed by atoms with Crippen molar-refractivity contribution in [3.8, 4) is 0 Å². The standard InChI is InChI=1S/C15H14FN5S/c16-14-3-1-13(2-4-14)10-22-15-20-18-11-21(15)19-9-12-5-7-17-8-6-12/h1-8,11,19H,9-10H2. The summed E-state index contributed by atoms with van der Waals surface area (Å²) in [4.78, 5) is 3.99. The van der Waals surface area contributed by atoms with Crippen LogP contribution in [0.25, 0.3) is 0 Å². The van der Waals surface area contributed by atoms with E-state index in [-0.39, 0.29) is 5.82 Å². The molecule has 7 heteroatoms. The molecule has 2 aromatic heterocycles. The fraction of sp³-hybridized carbons (Fsp3) is 0.133. The fourth-order valence-electron chi connectivity index (χ4n) is 1.84. The van der Waals surface area contributed by atoms with E-state index in [4.69, 9.17) is 0 Å². The van der Waals surface area contributed by atoms with Crippen molar-refractivity contribution in [1.82, 2.24) is 19.9 Å². The molecule has 3 rings (SSSR count). The lowest BCUT2D eigenvalue weighted by atomic mass is 10.2. The van der Waals surface area contributed by atoms with Crippen LogP contribution in [0.15, 0.2) is 60.3 Å². The van der Waals surface area contributed by atoms with Crippen molar-refractivity contribution < 1.29 is 4.39 Å². The lowest BCUT2D eigenvalue weighted by Gasteiger charge is -2.09. The monoisotopic (exact) mass is 315 g/mol. The smallest absolute Gasteiger partial charge is 0.210 e. The quantitative estimate of drug-likeness (QED) is 0.709. The maximum absolute atomic E-state index is 12.9. The molecule has 1 N–H and O–H groups in total. The van der Waals surface area contributed by atoms with Gasteiger partial charge in [-0.1, -0.05) is 23.9 Å². The number of nitrogens with one attached hydrogen (secondary N) is 1. The third-order valence-electron chi connectivity index (χ3n) is 3.00. The highest BCUT2D eigenvalue weighted by Gasteiger charge is 2.05. The summed E-state index contributed by atoms with van der Waals surface area (Å²) < 4.78 is 14.7. The van der Waals surface area contributed by atoms with Crippen LogP contribution in [-0.4, -0.2) is 19.9 Å². The molecule has 0 unspecified atom stereocenters. The topological polar surface area (TPSA) is 55.6 Å². The zero-order valence-corrected chi connectivity index (χ0v) is 12.5. The summed E-state index contributed by atoms with van der Waals surface area (Å²) in [7, 11) is 0. The van der Waals surface area contributed by atoms with Crippen LogP contribution < -0.4 is 5.43 Å². The number of aromatic nitrogens is 4. The van der Waals surface area contributed by atoms with E-state index in [1.165, 1.54) is 23.9 Å². The van der Waals surface area contributed by atoms with Gasteiger partial charge < -0.3 is 5.43 Å². The molecular formula is C15H14FN5S. The van der Waals surface area contributed by atoms with Gasteiger partial charge in [0.05, 0.1) is 6.54 Å². The van der Waals surface area contributed by atoms with Crippen molar-refractivity contribution >= 4 is 11.8 Å². The molecule has 0 atom stereocenters. The Bertz CT molecular complexity index is 714. The van der Waals surface area contributed by atoms with Gasteiger partial charge in [-0.05, 0) is 35.4 Å². The van der Waals surface area contributed by atoms with Crippen molar-refractivity contribution in [3.63, 3.8) is 0 Å². The van der Waals surface area contributed by atoms with E-state index in [0.29, 0.717) is 12.3 Å². The molecule has 0 fully saturated rings. The van der Waals surface area contributed by atoms with Crippen LogP contribution in [0.3, 0.4) is 0 Å². The summed E-state index contributed by atoms with van der Waals surface area (Å²) in [5, 5.41) is 8.77. The highest BCUT2D eigenvalue weighted by Crippen LogP contribution is 2.20. The fourth-order valence-corrected chi connectivity index (χ4v) is 2.68. The van der Waals surface area contributed by atoms with Gasteiger partial charge in [0.2, 0.25) is 5.16 Å². The third kappa shape index (κ3) is 3.82. The molecule has 1 aromatic carbocycles. The normalized spacial score (nSPS) is 10.6. The number of benzene rings is 1. The Kier molecular flexibility index (Phi) is 4.65. The zero-order chi connectivity index (χ0) is 15.2. The van der Waals surface area contributed by atoms with E-state index in [1.54, 1.807) is 35.5 Å². The summed E-state index contributed by atoms with van der Waals surface area (Å²) >= 11 is 1.54. The summed E-state index contributed by atoms with van der Waals surface area (Å²) in [5.74, 6) is 0.478. The Hall–Kier alpha value is -2.41. The van der Waals surface area contributed by atoms with E-state index in [9.17, 15) is 4.39 Å². The van der Waals surface area contributed by atoms with E-state index < -0.39 is 0 Å². The highest BCUT2D eigenvalue weighted by molar-refractivity contribution is 7.98. The van der Waals surface area contributed by atoms with Crippen molar-refractivity contribution in [2.24, 2.45) is 0 Å². The number of halogens is 1. The van der Waals surface area contributed by atoms with Crippen LogP contribution in [0, 0.1) is 5.82 Å². The summed E-state index contributed by atoms with van der Waals surface area (Å²) in [6.45, 7) is 0.657. The van der Waals surface area contributed by atoms with Gasteiger partial charge in [-0.25, -0.2) is 9.07 Å². The molecule has 0 bridgehead atoms. The average molecular weight is 315 g/mol. The first-order valence-corrected chi connectivity index (χ1v) is 7.70. The van der Waals surface area contributed by atoms with Crippen LogP contribution in [-0.2, 0) is 12.3 Å². The first-order chi connectivity index (χ1) is 10.8. The van der Waals surface area contributed by atoms with E-state index >= 15 is 0 Å². The summed E-state index contributed by atoms with van der Waals surface area (Å²) in [6, 6.07) is 10.4. The van der Waals surface area contributed by atoms with Gasteiger partial charge in [0.25, 0.3) is 0 Å². The first-order valence-electron chi connectivity index (χ1n) is 6.71. The second kappa shape index (κ2) is 7.04. The maximum Gasteiger partial charge on any atom is 0.210 e. The number of thioether (sulfide) groups is 1. The SMILES string of the molecule is Fc1ccc(CSc2nncn2NCc2ccncc2)cc1. The van der Waals surface area contributed by atoms with Gasteiger partial charge >= 0.3 is 0 Å². The summed E-state index contributed by atoms with van der Waals surface area (Å²) in [6.07, 6.45) is 5.15. The molecule has 3 aromatic rings. The predicted octanol–water partition coefficient (Wildman–Crippen LogP) is 2.85. The van der Waals surface area contributed by atoms with Crippen molar-refractivity contribution in [2.75, 3.05) is 5.43 Å².